The number of hydrogen-bond donors (Lipinski definition) is 1. The second-order valence-electron chi connectivity index (χ2n) is 4.22. The van der Waals surface area contributed by atoms with Crippen molar-refractivity contribution in [2.45, 2.75) is 0 Å². The van der Waals surface area contributed by atoms with E-state index in [0.29, 0.717) is 36.0 Å². The van der Waals surface area contributed by atoms with Crippen LogP contribution in [0.5, 0.6) is 11.5 Å². The predicted molar refractivity (Wildman–Crippen MR) is 68.6 cm³/mol. The molecule has 1 aromatic carbocycles. The van der Waals surface area contributed by atoms with E-state index >= 15 is 0 Å². The lowest BCUT2D eigenvalue weighted by Crippen LogP contribution is -2.16. The summed E-state index contributed by atoms with van der Waals surface area (Å²) in [5.41, 5.74) is 1.18. The number of benzene rings is 1. The number of fused-ring (bicyclic) bond motifs is 1. The smallest absolute Gasteiger partial charge is 0.258 e. The Bertz CT molecular complexity index is 621. The number of carbonyl (C=O) groups is 1. The fourth-order valence-corrected chi connectivity index (χ4v) is 1.86. The maximum absolute atomic E-state index is 12.0. The molecule has 0 atom stereocenters. The van der Waals surface area contributed by atoms with Crippen LogP contribution >= 0.6 is 0 Å². The van der Waals surface area contributed by atoms with Gasteiger partial charge in [0.2, 0.25) is 0 Å². The zero-order chi connectivity index (χ0) is 13.2. The molecule has 0 unspecified atom stereocenters. The lowest BCUT2D eigenvalue weighted by Gasteiger charge is -2.18. The molecule has 0 bridgehead atoms. The normalized spacial score (nSPS) is 13.1. The van der Waals surface area contributed by atoms with Crippen molar-refractivity contribution >= 4 is 11.6 Å². The monoisotopic (exact) mass is 259 g/mol. The average Bonchev–Trinajstić information content (AvgIpc) is 2.85. The van der Waals surface area contributed by atoms with Gasteiger partial charge in [0.05, 0.1) is 11.8 Å². The van der Waals surface area contributed by atoms with Crippen molar-refractivity contribution in [3.8, 4) is 11.5 Å². The van der Waals surface area contributed by atoms with E-state index in [0.717, 1.165) is 0 Å². The van der Waals surface area contributed by atoms with Gasteiger partial charge < -0.3 is 14.8 Å². The molecule has 98 valence electrons. The Balaban J connectivity index is 1.78. The van der Waals surface area contributed by atoms with Crippen LogP contribution in [-0.2, 0) is 7.05 Å². The summed E-state index contributed by atoms with van der Waals surface area (Å²) < 4.78 is 12.5. The van der Waals surface area contributed by atoms with E-state index in [1.165, 1.54) is 6.20 Å². The van der Waals surface area contributed by atoms with Gasteiger partial charge in [-0.3, -0.25) is 9.48 Å². The van der Waals surface area contributed by atoms with Crippen LogP contribution in [-0.4, -0.2) is 28.9 Å². The first-order valence-electron chi connectivity index (χ1n) is 5.92. The first-order valence-corrected chi connectivity index (χ1v) is 5.92. The summed E-state index contributed by atoms with van der Waals surface area (Å²) in [5, 5.41) is 6.75. The van der Waals surface area contributed by atoms with Crippen molar-refractivity contribution < 1.29 is 14.3 Å². The second-order valence-corrected chi connectivity index (χ2v) is 4.22. The molecule has 1 aliphatic heterocycles. The fourth-order valence-electron chi connectivity index (χ4n) is 1.86. The molecule has 0 saturated heterocycles. The van der Waals surface area contributed by atoms with Crippen LogP contribution in [0.4, 0.5) is 5.69 Å². The molecular formula is C13H13N3O3. The molecule has 0 spiro atoms. The van der Waals surface area contributed by atoms with Crippen LogP contribution in [0.15, 0.2) is 30.6 Å². The maximum atomic E-state index is 12.0. The van der Waals surface area contributed by atoms with Crippen LogP contribution in [0.3, 0.4) is 0 Å². The highest BCUT2D eigenvalue weighted by Crippen LogP contribution is 2.32. The number of rotatable bonds is 2. The van der Waals surface area contributed by atoms with Crippen molar-refractivity contribution in [3.05, 3.63) is 36.2 Å². The number of hydrogen-bond acceptors (Lipinski definition) is 4. The van der Waals surface area contributed by atoms with E-state index in [1.54, 1.807) is 36.1 Å². The summed E-state index contributed by atoms with van der Waals surface area (Å²) in [7, 11) is 1.76. The lowest BCUT2D eigenvalue weighted by molar-refractivity contribution is 0.102. The Morgan fingerprint density at radius 3 is 2.84 bits per heavy atom. The van der Waals surface area contributed by atoms with Crippen LogP contribution < -0.4 is 14.8 Å². The molecule has 1 aromatic heterocycles. The maximum Gasteiger partial charge on any atom is 0.258 e. The van der Waals surface area contributed by atoms with E-state index in [4.69, 9.17) is 9.47 Å². The summed E-state index contributed by atoms with van der Waals surface area (Å²) in [6.45, 7) is 1.07. The van der Waals surface area contributed by atoms with Crippen molar-refractivity contribution in [1.82, 2.24) is 9.78 Å². The minimum absolute atomic E-state index is 0.204. The standard InChI is InChI=1S/C13H13N3O3/c1-16-8-9(7-14-16)13(17)15-10-2-3-11-12(6-10)19-5-4-18-11/h2-3,6-8H,4-5H2,1H3,(H,15,17). The molecular weight excluding hydrogens is 246 g/mol. The van der Waals surface area contributed by atoms with Crippen molar-refractivity contribution in [2.75, 3.05) is 18.5 Å². The van der Waals surface area contributed by atoms with Crippen LogP contribution in [0, 0.1) is 0 Å². The van der Waals surface area contributed by atoms with E-state index < -0.39 is 0 Å². The third-order valence-corrected chi connectivity index (χ3v) is 2.77. The van der Waals surface area contributed by atoms with E-state index in [9.17, 15) is 4.79 Å². The Morgan fingerprint density at radius 1 is 1.32 bits per heavy atom. The van der Waals surface area contributed by atoms with Gasteiger partial charge in [0, 0.05) is 25.0 Å². The minimum atomic E-state index is -0.204. The Kier molecular flexibility index (Phi) is 2.83. The summed E-state index contributed by atoms with van der Waals surface area (Å²) in [5.74, 6) is 1.14. The molecule has 6 nitrogen and oxygen atoms in total. The number of carbonyl (C=O) groups excluding carboxylic acids is 1. The minimum Gasteiger partial charge on any atom is -0.486 e. The summed E-state index contributed by atoms with van der Waals surface area (Å²) in [6.07, 6.45) is 3.18. The van der Waals surface area contributed by atoms with Gasteiger partial charge in [0.25, 0.3) is 5.91 Å². The molecule has 19 heavy (non-hydrogen) atoms. The Morgan fingerprint density at radius 2 is 2.11 bits per heavy atom. The molecule has 3 rings (SSSR count). The number of nitrogens with zero attached hydrogens (tertiary/aromatic N) is 2. The van der Waals surface area contributed by atoms with Crippen LogP contribution in [0.1, 0.15) is 10.4 Å². The van der Waals surface area contributed by atoms with Gasteiger partial charge in [0.15, 0.2) is 11.5 Å². The number of aryl methyl sites for hydroxylation is 1. The molecule has 1 aliphatic rings. The molecule has 2 aromatic rings. The first kappa shape index (κ1) is 11.6. The zero-order valence-corrected chi connectivity index (χ0v) is 10.4. The van der Waals surface area contributed by atoms with E-state index in [-0.39, 0.29) is 5.91 Å². The second kappa shape index (κ2) is 4.64. The van der Waals surface area contributed by atoms with E-state index in [2.05, 4.69) is 10.4 Å². The lowest BCUT2D eigenvalue weighted by atomic mass is 10.2. The molecule has 6 heteroatoms. The third kappa shape index (κ3) is 2.37. The number of anilines is 1. The van der Waals surface area contributed by atoms with Crippen molar-refractivity contribution in [1.29, 1.82) is 0 Å². The molecule has 0 saturated carbocycles. The quantitative estimate of drug-likeness (QED) is 0.886. The number of ether oxygens (including phenoxy) is 2. The van der Waals surface area contributed by atoms with Crippen molar-refractivity contribution in [2.24, 2.45) is 7.05 Å². The summed E-state index contributed by atoms with van der Waals surface area (Å²) in [4.78, 5) is 12.0. The first-order chi connectivity index (χ1) is 9.22. The van der Waals surface area contributed by atoms with Gasteiger partial charge in [-0.25, -0.2) is 0 Å². The summed E-state index contributed by atoms with van der Waals surface area (Å²) in [6, 6.07) is 5.32. The van der Waals surface area contributed by atoms with Gasteiger partial charge in [-0.1, -0.05) is 0 Å². The molecule has 1 N–H and O–H groups in total. The fraction of sp³-hybridized carbons (Fsp3) is 0.231. The largest absolute Gasteiger partial charge is 0.486 e. The third-order valence-electron chi connectivity index (χ3n) is 2.77. The number of aromatic nitrogens is 2. The Labute approximate surface area is 109 Å². The molecule has 2 heterocycles. The highest BCUT2D eigenvalue weighted by molar-refractivity contribution is 6.04. The molecule has 0 radical (unpaired) electrons. The van der Waals surface area contributed by atoms with Gasteiger partial charge in [0.1, 0.15) is 13.2 Å². The number of nitrogens with one attached hydrogen (secondary N) is 1. The SMILES string of the molecule is Cn1cc(C(=O)Nc2ccc3c(c2)OCCO3)cn1. The topological polar surface area (TPSA) is 65.4 Å². The summed E-state index contributed by atoms with van der Waals surface area (Å²) >= 11 is 0. The van der Waals surface area contributed by atoms with Crippen LogP contribution in [0.2, 0.25) is 0 Å². The molecule has 1 amide bonds. The number of amides is 1. The highest BCUT2D eigenvalue weighted by atomic mass is 16.6. The van der Waals surface area contributed by atoms with Gasteiger partial charge >= 0.3 is 0 Å². The van der Waals surface area contributed by atoms with Gasteiger partial charge in [-0.2, -0.15) is 5.10 Å². The van der Waals surface area contributed by atoms with Crippen LogP contribution in [0.25, 0.3) is 0 Å². The molecule has 0 aliphatic carbocycles. The Hall–Kier alpha value is -2.50. The zero-order valence-electron chi connectivity index (χ0n) is 10.4. The van der Waals surface area contributed by atoms with E-state index in [1.807, 2.05) is 0 Å². The predicted octanol–water partition coefficient (Wildman–Crippen LogP) is 1.44. The highest BCUT2D eigenvalue weighted by Gasteiger charge is 2.13. The van der Waals surface area contributed by atoms with Gasteiger partial charge in [-0.05, 0) is 12.1 Å². The van der Waals surface area contributed by atoms with Gasteiger partial charge in [-0.15, -0.1) is 0 Å². The molecule has 0 fully saturated rings. The average molecular weight is 259 g/mol. The van der Waals surface area contributed by atoms with Crippen molar-refractivity contribution in [3.63, 3.8) is 0 Å².